The molecule has 8 nitrogen and oxygen atoms in total. The quantitative estimate of drug-likeness (QED) is 0.0551. The summed E-state index contributed by atoms with van der Waals surface area (Å²) in [5.74, 6) is -1.28. The molecule has 1 N–H and O–H groups in total. The highest BCUT2D eigenvalue weighted by atomic mass is 32.2. The van der Waals surface area contributed by atoms with Gasteiger partial charge in [-0.3, -0.25) is 14.5 Å². The van der Waals surface area contributed by atoms with E-state index < -0.39 is 29.3 Å². The van der Waals surface area contributed by atoms with Crippen LogP contribution in [0.5, 0.6) is 11.5 Å². The van der Waals surface area contributed by atoms with Crippen LogP contribution in [0.1, 0.15) is 49.9 Å². The Morgan fingerprint density at radius 3 is 2.33 bits per heavy atom. The van der Waals surface area contributed by atoms with E-state index in [-0.39, 0.29) is 22.1 Å². The van der Waals surface area contributed by atoms with E-state index in [1.165, 1.54) is 40.9 Å². The summed E-state index contributed by atoms with van der Waals surface area (Å²) in [7, 11) is 0. The summed E-state index contributed by atoms with van der Waals surface area (Å²) in [6.07, 6.45) is 0.837. The maximum absolute atomic E-state index is 13.7. The van der Waals surface area contributed by atoms with E-state index in [9.17, 15) is 23.5 Å². The number of rotatable bonds is 12. The van der Waals surface area contributed by atoms with Crippen LogP contribution < -0.4 is 14.4 Å². The van der Waals surface area contributed by atoms with Crippen molar-refractivity contribution in [3.63, 3.8) is 0 Å². The number of halogens is 2. The molecule has 0 aliphatic carbocycles. The molecule has 3 aromatic carbocycles. The normalized spacial score (nSPS) is 16.0. The van der Waals surface area contributed by atoms with Crippen LogP contribution in [0.4, 0.5) is 13.9 Å². The lowest BCUT2D eigenvalue weighted by Crippen LogP contribution is -2.29. The number of Topliss-reactive ketones (excluding diaryl/α,β-unsaturated/α-hetero) is 1. The van der Waals surface area contributed by atoms with E-state index >= 15 is 0 Å². The first-order valence-corrected chi connectivity index (χ1v) is 16.1. The maximum Gasteiger partial charge on any atom is 0.301 e. The van der Waals surface area contributed by atoms with Crippen molar-refractivity contribution in [3.8, 4) is 11.5 Å². The predicted octanol–water partition coefficient (Wildman–Crippen LogP) is 7.56. The molecule has 45 heavy (non-hydrogen) atoms. The van der Waals surface area contributed by atoms with E-state index in [2.05, 4.69) is 24.0 Å². The van der Waals surface area contributed by atoms with Gasteiger partial charge in [-0.1, -0.05) is 55.1 Å². The number of thioether (sulfide) groups is 1. The third kappa shape index (κ3) is 7.34. The summed E-state index contributed by atoms with van der Waals surface area (Å²) >= 11 is 2.46. The molecule has 1 unspecified atom stereocenters. The van der Waals surface area contributed by atoms with Crippen LogP contribution in [0, 0.1) is 17.6 Å². The number of hydrogen-bond donors (Lipinski definition) is 1. The number of aliphatic hydroxyl groups excluding tert-OH is 1. The first-order chi connectivity index (χ1) is 21.7. The lowest BCUT2D eigenvalue weighted by molar-refractivity contribution is -0.132. The number of carbonyl (C=O) groups excluding carboxylic acids is 2. The minimum Gasteiger partial charge on any atom is -0.507 e. The van der Waals surface area contributed by atoms with Gasteiger partial charge in [-0.15, -0.1) is 10.2 Å². The second-order valence-corrected chi connectivity index (χ2v) is 12.8. The lowest BCUT2D eigenvalue weighted by atomic mass is 9.95. The van der Waals surface area contributed by atoms with Gasteiger partial charge in [-0.05, 0) is 78.9 Å². The molecule has 1 aliphatic rings. The number of amides is 1. The van der Waals surface area contributed by atoms with E-state index in [1.54, 1.807) is 30.3 Å². The summed E-state index contributed by atoms with van der Waals surface area (Å²) in [5, 5.41) is 20.0. The zero-order chi connectivity index (χ0) is 32.1. The molecule has 0 bridgehead atoms. The van der Waals surface area contributed by atoms with Gasteiger partial charge in [0.25, 0.3) is 5.78 Å². The molecule has 0 spiro atoms. The highest BCUT2D eigenvalue weighted by Crippen LogP contribution is 2.45. The highest BCUT2D eigenvalue weighted by molar-refractivity contribution is 8.00. The molecule has 1 saturated heterocycles. The van der Waals surface area contributed by atoms with Crippen LogP contribution in [0.25, 0.3) is 5.76 Å². The molecular formula is C33H31F2N3O5S2. The second kappa shape index (κ2) is 14.2. The Balaban J connectivity index is 1.55. The number of ketones is 1. The van der Waals surface area contributed by atoms with Crippen LogP contribution >= 0.6 is 23.1 Å². The Bertz CT molecular complexity index is 1710. The van der Waals surface area contributed by atoms with Crippen molar-refractivity contribution in [3.05, 3.63) is 101 Å². The van der Waals surface area contributed by atoms with Gasteiger partial charge in [-0.25, -0.2) is 8.78 Å². The van der Waals surface area contributed by atoms with Crippen molar-refractivity contribution in [1.82, 2.24) is 10.2 Å². The minimum absolute atomic E-state index is 0.150. The van der Waals surface area contributed by atoms with Gasteiger partial charge in [-0.2, -0.15) is 0 Å². The van der Waals surface area contributed by atoms with Crippen LogP contribution in [-0.4, -0.2) is 40.2 Å². The Labute approximate surface area is 267 Å². The predicted molar refractivity (Wildman–Crippen MR) is 170 cm³/mol. The van der Waals surface area contributed by atoms with E-state index in [0.29, 0.717) is 46.3 Å². The average Bonchev–Trinajstić information content (AvgIpc) is 3.59. The zero-order valence-electron chi connectivity index (χ0n) is 24.8. The van der Waals surface area contributed by atoms with Crippen LogP contribution in [0.3, 0.4) is 0 Å². The van der Waals surface area contributed by atoms with Crippen molar-refractivity contribution in [1.29, 1.82) is 0 Å². The Kier molecular flexibility index (Phi) is 10.1. The van der Waals surface area contributed by atoms with Crippen LogP contribution in [-0.2, 0) is 15.3 Å². The molecule has 234 valence electrons. The summed E-state index contributed by atoms with van der Waals surface area (Å²) < 4.78 is 39.4. The van der Waals surface area contributed by atoms with Gasteiger partial charge in [0.2, 0.25) is 5.13 Å². The third-order valence-corrected chi connectivity index (χ3v) is 9.10. The topological polar surface area (TPSA) is 102 Å². The van der Waals surface area contributed by atoms with Gasteiger partial charge in [0, 0.05) is 11.3 Å². The number of aliphatic hydroxyl groups is 1. The molecule has 0 radical (unpaired) electrons. The molecule has 1 amide bonds. The van der Waals surface area contributed by atoms with E-state index in [0.717, 1.165) is 35.5 Å². The van der Waals surface area contributed by atoms with Gasteiger partial charge in [0.1, 0.15) is 17.4 Å². The Morgan fingerprint density at radius 2 is 1.67 bits per heavy atom. The number of benzene rings is 3. The lowest BCUT2D eigenvalue weighted by Gasteiger charge is -2.23. The first kappa shape index (κ1) is 32.1. The fourth-order valence-corrected chi connectivity index (χ4v) is 6.50. The second-order valence-electron chi connectivity index (χ2n) is 10.6. The SMILES string of the molecule is CCOc1cc(C2/C(=C(\O)c3ccc(F)cc3)C(=O)C(=O)N2c2nnc(SCc3ccc(F)cc3)s2)ccc1OCCC(C)C. The fraction of sp³-hybridized carbons (Fsp3) is 0.273. The molecule has 12 heteroatoms. The average molecular weight is 652 g/mol. The van der Waals surface area contributed by atoms with Crippen molar-refractivity contribution in [2.24, 2.45) is 5.92 Å². The van der Waals surface area contributed by atoms with Crippen molar-refractivity contribution in [2.45, 2.75) is 43.3 Å². The molecule has 1 fully saturated rings. The summed E-state index contributed by atoms with van der Waals surface area (Å²) in [4.78, 5) is 28.4. The number of aromatic nitrogens is 2. The van der Waals surface area contributed by atoms with Crippen molar-refractivity contribution >= 4 is 45.7 Å². The minimum atomic E-state index is -1.10. The molecule has 4 aromatic rings. The number of ether oxygens (including phenoxy) is 2. The summed E-state index contributed by atoms with van der Waals surface area (Å²) in [6.45, 7) is 6.84. The molecule has 0 saturated carbocycles. The Hall–Kier alpha value is -4.29. The van der Waals surface area contributed by atoms with Gasteiger partial charge >= 0.3 is 5.91 Å². The van der Waals surface area contributed by atoms with Crippen molar-refractivity contribution < 1.29 is 33.0 Å². The third-order valence-electron chi connectivity index (χ3n) is 6.98. The molecule has 2 heterocycles. The molecule has 5 rings (SSSR count). The summed E-state index contributed by atoms with van der Waals surface area (Å²) in [5.41, 5.74) is 1.33. The molecule has 1 atom stereocenters. The van der Waals surface area contributed by atoms with Crippen LogP contribution in [0.15, 0.2) is 76.6 Å². The zero-order valence-corrected chi connectivity index (χ0v) is 26.5. The number of nitrogens with zero attached hydrogens (tertiary/aromatic N) is 3. The Morgan fingerprint density at radius 1 is 0.978 bits per heavy atom. The van der Waals surface area contributed by atoms with Crippen LogP contribution in [0.2, 0.25) is 0 Å². The monoisotopic (exact) mass is 651 g/mol. The maximum atomic E-state index is 13.7. The molecule has 1 aliphatic heterocycles. The smallest absolute Gasteiger partial charge is 0.301 e. The highest BCUT2D eigenvalue weighted by Gasteiger charge is 2.48. The van der Waals surface area contributed by atoms with Gasteiger partial charge < -0.3 is 14.6 Å². The summed E-state index contributed by atoms with van der Waals surface area (Å²) in [6, 6.07) is 15.1. The number of carbonyl (C=O) groups is 2. The standard InChI is InChI=1S/C33H31F2N3O5S2/c1-4-42-26-17-22(9-14-25(26)43-16-15-19(2)3)28-27(29(39)21-7-12-24(35)13-8-21)30(40)31(41)38(28)32-36-37-33(45-32)44-18-20-5-10-23(34)11-6-20/h5-14,17,19,28,39H,4,15-16,18H2,1-3H3/b29-27+. The first-order valence-electron chi connectivity index (χ1n) is 14.3. The van der Waals surface area contributed by atoms with Gasteiger partial charge in [0.15, 0.2) is 15.8 Å². The van der Waals surface area contributed by atoms with Gasteiger partial charge in [0.05, 0.1) is 24.8 Å². The largest absolute Gasteiger partial charge is 0.507 e. The van der Waals surface area contributed by atoms with E-state index in [4.69, 9.17) is 9.47 Å². The number of anilines is 1. The fourth-order valence-electron chi connectivity index (χ4n) is 4.68. The number of hydrogen-bond acceptors (Lipinski definition) is 9. The molecule has 1 aromatic heterocycles. The van der Waals surface area contributed by atoms with E-state index in [1.807, 2.05) is 6.92 Å². The van der Waals surface area contributed by atoms with Crippen molar-refractivity contribution in [2.75, 3.05) is 18.1 Å². The molecular weight excluding hydrogens is 621 g/mol.